The Kier molecular flexibility index (Phi) is 5.34. The lowest BCUT2D eigenvalue weighted by molar-refractivity contribution is -0.117. The predicted molar refractivity (Wildman–Crippen MR) is 131 cm³/mol. The molecule has 3 N–H and O–H groups in total. The van der Waals surface area contributed by atoms with Crippen LogP contribution < -0.4 is 15.4 Å². The first kappa shape index (κ1) is 22.6. The van der Waals surface area contributed by atoms with Crippen LogP contribution in [0.5, 0.6) is 0 Å². The van der Waals surface area contributed by atoms with Crippen molar-refractivity contribution in [1.29, 1.82) is 0 Å². The van der Waals surface area contributed by atoms with Crippen molar-refractivity contribution in [3.05, 3.63) is 89.2 Å². The van der Waals surface area contributed by atoms with Gasteiger partial charge >= 0.3 is 0 Å². The van der Waals surface area contributed by atoms with Gasteiger partial charge in [0.2, 0.25) is 10.0 Å². The van der Waals surface area contributed by atoms with Crippen molar-refractivity contribution < 1.29 is 18.0 Å². The third-order valence-corrected chi connectivity index (χ3v) is 6.89. The maximum Gasteiger partial charge on any atom is 0.259 e. The van der Waals surface area contributed by atoms with Crippen molar-refractivity contribution >= 4 is 44.2 Å². The van der Waals surface area contributed by atoms with Gasteiger partial charge in [0.1, 0.15) is 6.04 Å². The second kappa shape index (κ2) is 8.26. The van der Waals surface area contributed by atoms with Gasteiger partial charge in [-0.15, -0.1) is 0 Å². The standard InChI is InChI=1S/C25H21N5O4S/c1-14-15(2)28-20-12-17(8-10-19(20)27-14)25(32)30-22-11-9-18(35(26,33)34)13-21(22)29-24(31)23(30)16-6-4-3-5-7-16/h3-13,23H,1-2H3,(H,29,31)(H2,26,33,34). The number of rotatable bonds is 3. The van der Waals surface area contributed by atoms with E-state index in [-0.39, 0.29) is 10.6 Å². The second-order valence-electron chi connectivity index (χ2n) is 8.30. The molecule has 2 amide bonds. The number of carbonyl (C=O) groups excluding carboxylic acids is 2. The van der Waals surface area contributed by atoms with E-state index in [1.807, 2.05) is 19.9 Å². The fourth-order valence-electron chi connectivity index (χ4n) is 4.12. The molecule has 35 heavy (non-hydrogen) atoms. The van der Waals surface area contributed by atoms with E-state index >= 15 is 0 Å². The minimum Gasteiger partial charge on any atom is -0.322 e. The van der Waals surface area contributed by atoms with Gasteiger partial charge in [0, 0.05) is 5.56 Å². The van der Waals surface area contributed by atoms with Crippen molar-refractivity contribution in [2.24, 2.45) is 5.14 Å². The Morgan fingerprint density at radius 3 is 2.31 bits per heavy atom. The molecule has 2 heterocycles. The highest BCUT2D eigenvalue weighted by Crippen LogP contribution is 2.40. The molecule has 1 aromatic heterocycles. The Morgan fingerprint density at radius 2 is 1.63 bits per heavy atom. The van der Waals surface area contributed by atoms with Gasteiger partial charge in [-0.25, -0.2) is 23.5 Å². The van der Waals surface area contributed by atoms with Gasteiger partial charge in [-0.05, 0) is 55.8 Å². The molecule has 5 rings (SSSR count). The number of nitrogens with two attached hydrogens (primary N) is 1. The summed E-state index contributed by atoms with van der Waals surface area (Å²) in [7, 11) is -4.01. The first-order valence-corrected chi connectivity index (χ1v) is 12.3. The number of benzene rings is 3. The summed E-state index contributed by atoms with van der Waals surface area (Å²) in [6.45, 7) is 3.71. The quantitative estimate of drug-likeness (QED) is 0.455. The molecule has 0 saturated heterocycles. The second-order valence-corrected chi connectivity index (χ2v) is 9.86. The molecule has 176 valence electrons. The lowest BCUT2D eigenvalue weighted by Gasteiger charge is -2.37. The Bertz CT molecular complexity index is 1620. The number of carbonyl (C=O) groups is 2. The first-order chi connectivity index (χ1) is 16.6. The summed E-state index contributed by atoms with van der Waals surface area (Å²) >= 11 is 0. The molecule has 4 aromatic rings. The minimum atomic E-state index is -4.01. The smallest absolute Gasteiger partial charge is 0.259 e. The normalized spacial score (nSPS) is 15.6. The summed E-state index contributed by atoms with van der Waals surface area (Å²) in [5.74, 6) is -0.920. The van der Waals surface area contributed by atoms with Crippen LogP contribution in [0.25, 0.3) is 11.0 Å². The zero-order chi connectivity index (χ0) is 24.9. The fourth-order valence-corrected chi connectivity index (χ4v) is 4.66. The molecule has 0 aliphatic carbocycles. The summed E-state index contributed by atoms with van der Waals surface area (Å²) in [6, 6.07) is 16.9. The van der Waals surface area contributed by atoms with Gasteiger partial charge in [-0.2, -0.15) is 0 Å². The van der Waals surface area contributed by atoms with E-state index in [9.17, 15) is 18.0 Å². The van der Waals surface area contributed by atoms with E-state index in [1.165, 1.54) is 23.1 Å². The molecule has 0 radical (unpaired) electrons. The Morgan fingerprint density at radius 1 is 0.943 bits per heavy atom. The van der Waals surface area contributed by atoms with Crippen molar-refractivity contribution in [2.45, 2.75) is 24.8 Å². The third kappa shape index (κ3) is 4.02. The fraction of sp³-hybridized carbons (Fsp3) is 0.120. The molecule has 0 saturated carbocycles. The Balaban J connectivity index is 1.68. The van der Waals surface area contributed by atoms with Crippen LogP contribution in [0, 0.1) is 13.8 Å². The van der Waals surface area contributed by atoms with E-state index in [0.717, 1.165) is 11.4 Å². The summed E-state index contributed by atoms with van der Waals surface area (Å²) < 4.78 is 23.7. The van der Waals surface area contributed by atoms with Crippen LogP contribution in [-0.2, 0) is 14.8 Å². The number of nitrogens with zero attached hydrogens (tertiary/aromatic N) is 3. The monoisotopic (exact) mass is 487 g/mol. The lowest BCUT2D eigenvalue weighted by Crippen LogP contribution is -2.45. The van der Waals surface area contributed by atoms with Crippen LogP contribution in [0.3, 0.4) is 0 Å². The lowest BCUT2D eigenvalue weighted by atomic mass is 9.98. The topological polar surface area (TPSA) is 135 Å². The van der Waals surface area contributed by atoms with E-state index in [0.29, 0.717) is 27.8 Å². The van der Waals surface area contributed by atoms with Crippen molar-refractivity contribution in [3.63, 3.8) is 0 Å². The molecule has 1 aliphatic heterocycles. The van der Waals surface area contributed by atoms with E-state index < -0.39 is 27.9 Å². The number of hydrogen-bond donors (Lipinski definition) is 2. The predicted octanol–water partition coefficient (Wildman–Crippen LogP) is 3.23. The van der Waals surface area contributed by atoms with Crippen LogP contribution >= 0.6 is 0 Å². The zero-order valence-corrected chi connectivity index (χ0v) is 19.7. The van der Waals surface area contributed by atoms with E-state index in [4.69, 9.17) is 5.14 Å². The number of anilines is 2. The van der Waals surface area contributed by atoms with Crippen LogP contribution in [0.4, 0.5) is 11.4 Å². The zero-order valence-electron chi connectivity index (χ0n) is 18.9. The van der Waals surface area contributed by atoms with Crippen molar-refractivity contribution in [1.82, 2.24) is 9.97 Å². The number of primary sulfonamides is 1. The largest absolute Gasteiger partial charge is 0.322 e. The molecule has 0 fully saturated rings. The summed E-state index contributed by atoms with van der Waals surface area (Å²) in [5, 5.41) is 8.00. The van der Waals surface area contributed by atoms with Crippen LogP contribution in [0.2, 0.25) is 0 Å². The van der Waals surface area contributed by atoms with Gasteiger partial charge in [0.05, 0.1) is 38.7 Å². The van der Waals surface area contributed by atoms with Crippen molar-refractivity contribution in [2.75, 3.05) is 10.2 Å². The van der Waals surface area contributed by atoms with E-state index in [1.54, 1.807) is 42.5 Å². The van der Waals surface area contributed by atoms with Gasteiger partial charge in [-0.1, -0.05) is 30.3 Å². The molecular formula is C25H21N5O4S. The molecule has 9 nitrogen and oxygen atoms in total. The number of amides is 2. The minimum absolute atomic E-state index is 0.172. The maximum absolute atomic E-state index is 13.9. The molecule has 3 aromatic carbocycles. The molecule has 1 unspecified atom stereocenters. The van der Waals surface area contributed by atoms with Crippen LogP contribution in [-0.4, -0.2) is 30.2 Å². The molecule has 0 bridgehead atoms. The molecule has 1 atom stereocenters. The maximum atomic E-state index is 13.9. The molecule has 0 spiro atoms. The summed E-state index contributed by atoms with van der Waals surface area (Å²) in [4.78, 5) is 37.4. The highest BCUT2D eigenvalue weighted by Gasteiger charge is 2.39. The number of sulfonamides is 1. The summed E-state index contributed by atoms with van der Waals surface area (Å²) in [5.41, 5.74) is 4.20. The highest BCUT2D eigenvalue weighted by atomic mass is 32.2. The highest BCUT2D eigenvalue weighted by molar-refractivity contribution is 7.89. The van der Waals surface area contributed by atoms with E-state index in [2.05, 4.69) is 15.3 Å². The van der Waals surface area contributed by atoms with Crippen LogP contribution in [0.1, 0.15) is 33.4 Å². The molecular weight excluding hydrogens is 466 g/mol. The average molecular weight is 488 g/mol. The third-order valence-electron chi connectivity index (χ3n) is 5.98. The van der Waals surface area contributed by atoms with Gasteiger partial charge in [0.25, 0.3) is 11.8 Å². The van der Waals surface area contributed by atoms with Crippen molar-refractivity contribution in [3.8, 4) is 0 Å². The SMILES string of the molecule is Cc1nc2ccc(C(=O)N3c4ccc(S(N)(=O)=O)cc4NC(=O)C3c3ccccc3)cc2nc1C. The molecule has 1 aliphatic rings. The first-order valence-electron chi connectivity index (χ1n) is 10.7. The number of fused-ring (bicyclic) bond motifs is 2. The number of nitrogens with one attached hydrogen (secondary N) is 1. The number of aryl methyl sites for hydroxylation is 2. The Labute approximate surface area is 201 Å². The number of aromatic nitrogens is 2. The van der Waals surface area contributed by atoms with Gasteiger partial charge in [-0.3, -0.25) is 14.5 Å². The van der Waals surface area contributed by atoms with Gasteiger partial charge < -0.3 is 5.32 Å². The Hall–Kier alpha value is -4.15. The van der Waals surface area contributed by atoms with Crippen LogP contribution in [0.15, 0.2) is 71.6 Å². The molecule has 10 heteroatoms. The average Bonchev–Trinajstić information content (AvgIpc) is 2.83. The summed E-state index contributed by atoms with van der Waals surface area (Å²) in [6.07, 6.45) is 0. The van der Waals surface area contributed by atoms with Gasteiger partial charge in [0.15, 0.2) is 0 Å². The number of hydrogen-bond acceptors (Lipinski definition) is 6.